The molecule has 0 aromatic carbocycles. The Balaban J connectivity index is 1.78. The van der Waals surface area contributed by atoms with Crippen LogP contribution in [0.1, 0.15) is 5.69 Å². The Morgan fingerprint density at radius 2 is 2.50 bits per heavy atom. The van der Waals surface area contributed by atoms with E-state index in [1.807, 2.05) is 19.3 Å². The van der Waals surface area contributed by atoms with Crippen LogP contribution < -0.4 is 5.32 Å². The fourth-order valence-electron chi connectivity index (χ4n) is 1.14. The van der Waals surface area contributed by atoms with Crippen molar-refractivity contribution in [2.75, 3.05) is 11.9 Å². The molecule has 2 rings (SSSR count). The van der Waals surface area contributed by atoms with Crippen molar-refractivity contribution < 1.29 is 0 Å². The molecule has 6 heteroatoms. The molecule has 0 atom stereocenters. The van der Waals surface area contributed by atoms with Gasteiger partial charge in [-0.15, -0.1) is 10.2 Å². The highest BCUT2D eigenvalue weighted by atomic mass is 32.1. The second kappa shape index (κ2) is 4.19. The number of aryl methyl sites for hydroxylation is 1. The van der Waals surface area contributed by atoms with Crippen LogP contribution in [0.3, 0.4) is 0 Å². The smallest absolute Gasteiger partial charge is 0.205 e. The quantitative estimate of drug-likeness (QED) is 0.813. The van der Waals surface area contributed by atoms with Gasteiger partial charge in [0.15, 0.2) is 0 Å². The third kappa shape index (κ3) is 2.29. The summed E-state index contributed by atoms with van der Waals surface area (Å²) in [6.07, 6.45) is 2.85. The minimum atomic E-state index is 0.839. The normalized spacial score (nSPS) is 10.4. The number of hydrogen-bond donors (Lipinski definition) is 1. The van der Waals surface area contributed by atoms with Crippen molar-refractivity contribution in [3.05, 3.63) is 23.5 Å². The molecule has 0 aliphatic rings. The zero-order valence-electron chi connectivity index (χ0n) is 7.84. The van der Waals surface area contributed by atoms with E-state index in [1.54, 1.807) is 10.2 Å². The van der Waals surface area contributed by atoms with Crippen LogP contribution in [0.4, 0.5) is 5.13 Å². The summed E-state index contributed by atoms with van der Waals surface area (Å²) in [5.41, 5.74) is 2.80. The Morgan fingerprint density at radius 1 is 1.57 bits per heavy atom. The van der Waals surface area contributed by atoms with E-state index in [0.29, 0.717) is 0 Å². The van der Waals surface area contributed by atoms with Gasteiger partial charge in [0.25, 0.3) is 0 Å². The van der Waals surface area contributed by atoms with E-state index in [2.05, 4.69) is 20.6 Å². The predicted octanol–water partition coefficient (Wildman–Crippen LogP) is 0.926. The zero-order valence-corrected chi connectivity index (χ0v) is 8.66. The lowest BCUT2D eigenvalue weighted by Crippen LogP contribution is -2.05. The van der Waals surface area contributed by atoms with Crippen LogP contribution in [-0.4, -0.2) is 26.5 Å². The third-order valence-corrected chi connectivity index (χ3v) is 2.44. The van der Waals surface area contributed by atoms with Gasteiger partial charge in [-0.2, -0.15) is 5.10 Å². The Kier molecular flexibility index (Phi) is 2.73. The molecule has 0 amide bonds. The number of anilines is 1. The van der Waals surface area contributed by atoms with Crippen molar-refractivity contribution in [3.8, 4) is 0 Å². The summed E-state index contributed by atoms with van der Waals surface area (Å²) < 4.78 is 1.81. The molecule has 0 saturated carbocycles. The van der Waals surface area contributed by atoms with Crippen LogP contribution in [0.25, 0.3) is 0 Å². The van der Waals surface area contributed by atoms with Gasteiger partial charge in [0.2, 0.25) is 5.13 Å². The summed E-state index contributed by atoms with van der Waals surface area (Å²) in [6, 6.07) is 2.02. The molecular formula is C8H11N5S. The summed E-state index contributed by atoms with van der Waals surface area (Å²) in [5, 5.41) is 15.9. The van der Waals surface area contributed by atoms with Gasteiger partial charge >= 0.3 is 0 Å². The molecule has 0 saturated heterocycles. The summed E-state index contributed by atoms with van der Waals surface area (Å²) >= 11 is 1.50. The Morgan fingerprint density at radius 3 is 3.14 bits per heavy atom. The molecule has 5 nitrogen and oxygen atoms in total. The highest BCUT2D eigenvalue weighted by Gasteiger charge is 1.98. The van der Waals surface area contributed by atoms with Crippen molar-refractivity contribution in [2.45, 2.75) is 6.42 Å². The predicted molar refractivity (Wildman–Crippen MR) is 55.3 cm³/mol. The fourth-order valence-corrected chi connectivity index (χ4v) is 1.62. The summed E-state index contributed by atoms with van der Waals surface area (Å²) in [5.74, 6) is 0. The monoisotopic (exact) mass is 209 g/mol. The molecule has 0 aliphatic heterocycles. The van der Waals surface area contributed by atoms with Crippen molar-refractivity contribution in [1.29, 1.82) is 0 Å². The first-order valence-corrected chi connectivity index (χ1v) is 5.21. The van der Waals surface area contributed by atoms with Crippen LogP contribution in [-0.2, 0) is 13.5 Å². The number of nitrogens with one attached hydrogen (secondary N) is 1. The topological polar surface area (TPSA) is 55.6 Å². The number of rotatable bonds is 4. The first-order chi connectivity index (χ1) is 6.84. The highest BCUT2D eigenvalue weighted by Crippen LogP contribution is 2.07. The van der Waals surface area contributed by atoms with Crippen LogP contribution >= 0.6 is 11.3 Å². The number of nitrogens with zero attached hydrogens (tertiary/aromatic N) is 4. The lowest BCUT2D eigenvalue weighted by molar-refractivity contribution is 0.742. The van der Waals surface area contributed by atoms with E-state index in [4.69, 9.17) is 0 Å². The van der Waals surface area contributed by atoms with Gasteiger partial charge < -0.3 is 5.32 Å². The van der Waals surface area contributed by atoms with Crippen LogP contribution in [0.15, 0.2) is 17.8 Å². The largest absolute Gasteiger partial charge is 0.360 e. The van der Waals surface area contributed by atoms with Gasteiger partial charge in [-0.1, -0.05) is 11.3 Å². The zero-order chi connectivity index (χ0) is 9.80. The van der Waals surface area contributed by atoms with Gasteiger partial charge in [-0.3, -0.25) is 4.68 Å². The summed E-state index contributed by atoms with van der Waals surface area (Å²) in [7, 11) is 1.92. The first kappa shape index (κ1) is 9.14. The van der Waals surface area contributed by atoms with Crippen LogP contribution in [0, 0.1) is 0 Å². The molecule has 0 unspecified atom stereocenters. The van der Waals surface area contributed by atoms with E-state index in [0.717, 1.165) is 23.8 Å². The molecule has 2 heterocycles. The molecule has 2 aromatic heterocycles. The maximum Gasteiger partial charge on any atom is 0.205 e. The SMILES string of the molecule is Cn1ccc(CCNc2nncs2)n1. The van der Waals surface area contributed by atoms with Crippen LogP contribution in [0.2, 0.25) is 0 Å². The molecule has 14 heavy (non-hydrogen) atoms. The number of aromatic nitrogens is 4. The fraction of sp³-hybridized carbons (Fsp3) is 0.375. The maximum absolute atomic E-state index is 4.27. The summed E-state index contributed by atoms with van der Waals surface area (Å²) in [6.45, 7) is 0.839. The minimum Gasteiger partial charge on any atom is -0.360 e. The maximum atomic E-state index is 4.27. The Bertz CT molecular complexity index is 380. The van der Waals surface area contributed by atoms with Crippen LogP contribution in [0.5, 0.6) is 0 Å². The standard InChI is InChI=1S/C8H11N5S/c1-13-5-3-7(12-13)2-4-9-8-11-10-6-14-8/h3,5-6H,2,4H2,1H3,(H,9,11). The van der Waals surface area contributed by atoms with E-state index < -0.39 is 0 Å². The Hall–Kier alpha value is -1.43. The van der Waals surface area contributed by atoms with E-state index in [-0.39, 0.29) is 0 Å². The third-order valence-electron chi connectivity index (χ3n) is 1.79. The molecule has 0 spiro atoms. The second-order valence-corrected chi connectivity index (χ2v) is 3.73. The van der Waals surface area contributed by atoms with Gasteiger partial charge in [0, 0.05) is 26.2 Å². The van der Waals surface area contributed by atoms with Crippen molar-refractivity contribution in [1.82, 2.24) is 20.0 Å². The van der Waals surface area contributed by atoms with Gasteiger partial charge in [-0.25, -0.2) is 0 Å². The first-order valence-electron chi connectivity index (χ1n) is 4.33. The van der Waals surface area contributed by atoms with E-state index >= 15 is 0 Å². The van der Waals surface area contributed by atoms with Crippen molar-refractivity contribution in [2.24, 2.45) is 7.05 Å². The second-order valence-electron chi connectivity index (χ2n) is 2.90. The summed E-state index contributed by atoms with van der Waals surface area (Å²) in [4.78, 5) is 0. The molecule has 0 bridgehead atoms. The average molecular weight is 209 g/mol. The molecule has 1 N–H and O–H groups in total. The van der Waals surface area contributed by atoms with Gasteiger partial charge in [0.05, 0.1) is 5.69 Å². The lowest BCUT2D eigenvalue weighted by atomic mass is 10.3. The van der Waals surface area contributed by atoms with Crippen molar-refractivity contribution in [3.63, 3.8) is 0 Å². The van der Waals surface area contributed by atoms with Gasteiger partial charge in [0.1, 0.15) is 5.51 Å². The van der Waals surface area contributed by atoms with Gasteiger partial charge in [-0.05, 0) is 6.07 Å². The molecule has 0 fully saturated rings. The Labute approximate surface area is 85.8 Å². The molecule has 0 aliphatic carbocycles. The average Bonchev–Trinajstić information content (AvgIpc) is 2.77. The number of hydrogen-bond acceptors (Lipinski definition) is 5. The lowest BCUT2D eigenvalue weighted by Gasteiger charge is -1.98. The minimum absolute atomic E-state index is 0.839. The van der Waals surface area contributed by atoms with E-state index in [9.17, 15) is 0 Å². The highest BCUT2D eigenvalue weighted by molar-refractivity contribution is 7.13. The van der Waals surface area contributed by atoms with E-state index in [1.165, 1.54) is 11.3 Å². The molecule has 74 valence electrons. The molecular weight excluding hydrogens is 198 g/mol. The van der Waals surface area contributed by atoms with Crippen molar-refractivity contribution >= 4 is 16.5 Å². The molecule has 2 aromatic rings. The molecule has 0 radical (unpaired) electrons.